The molecule has 5 atom stereocenters. The van der Waals surface area contributed by atoms with Gasteiger partial charge in [-0.25, -0.2) is 14.4 Å². The van der Waals surface area contributed by atoms with Crippen molar-refractivity contribution in [3.05, 3.63) is 47.5 Å². The van der Waals surface area contributed by atoms with Crippen LogP contribution in [0.25, 0.3) is 0 Å². The van der Waals surface area contributed by atoms with Crippen LogP contribution >= 0.6 is 0 Å². The van der Waals surface area contributed by atoms with Crippen LogP contribution in [-0.4, -0.2) is 87.3 Å². The number of aliphatic carboxylic acids is 1. The average molecular weight is 625 g/mol. The Morgan fingerprint density at radius 3 is 2.58 bits per heavy atom. The number of nitrogens with zero attached hydrogens (tertiary/aromatic N) is 2. The van der Waals surface area contributed by atoms with Crippen LogP contribution in [0.1, 0.15) is 76.8 Å². The standard InChI is InChI=1S/C33H44N4O8/c1-32(2,3)45-30(42)34-25-14-8-6-4-5-7-13-23-18-33(23,29(40)41)35-27(38)26-17-24(20-37(26)28(25)39)44-31(43)36-16-15-21-11-9-10-12-22(21)19-36/h7,9-13,23-26H,4-6,8,14-20H2,1-3H3,(H,34,42)(H,35,38)(H,40,41)/t23-,24-,25+,26+,33-/m1/s1. The predicted octanol–water partition coefficient (Wildman–Crippen LogP) is 3.52. The maximum absolute atomic E-state index is 14.1. The minimum Gasteiger partial charge on any atom is -0.479 e. The molecule has 45 heavy (non-hydrogen) atoms. The number of ether oxygens (including phenoxy) is 2. The molecule has 0 unspecified atom stereocenters. The first-order chi connectivity index (χ1) is 21.4. The Morgan fingerprint density at radius 1 is 1.09 bits per heavy atom. The maximum atomic E-state index is 14.1. The molecular formula is C33H44N4O8. The molecule has 0 spiro atoms. The number of hydrogen-bond donors (Lipinski definition) is 3. The van der Waals surface area contributed by atoms with Crippen molar-refractivity contribution in [2.24, 2.45) is 5.92 Å². The van der Waals surface area contributed by atoms with E-state index in [1.54, 1.807) is 25.7 Å². The predicted molar refractivity (Wildman–Crippen MR) is 163 cm³/mol. The van der Waals surface area contributed by atoms with Crippen molar-refractivity contribution in [2.75, 3.05) is 13.1 Å². The molecule has 1 saturated heterocycles. The van der Waals surface area contributed by atoms with Gasteiger partial charge in [0.1, 0.15) is 29.3 Å². The number of allylic oxidation sites excluding steroid dienone is 1. The number of carboxylic acids is 1. The summed E-state index contributed by atoms with van der Waals surface area (Å²) in [6, 6.07) is 5.83. The zero-order valence-corrected chi connectivity index (χ0v) is 26.3. The summed E-state index contributed by atoms with van der Waals surface area (Å²) in [6.07, 6.45) is 5.97. The van der Waals surface area contributed by atoms with Crippen molar-refractivity contribution in [2.45, 2.75) is 108 Å². The molecule has 12 nitrogen and oxygen atoms in total. The molecule has 1 aliphatic carbocycles. The Kier molecular flexibility index (Phi) is 9.41. The van der Waals surface area contributed by atoms with Gasteiger partial charge in [-0.2, -0.15) is 0 Å². The fourth-order valence-corrected chi connectivity index (χ4v) is 6.47. The molecule has 4 aliphatic rings. The number of benzene rings is 1. The van der Waals surface area contributed by atoms with Crippen LogP contribution in [-0.2, 0) is 36.8 Å². The number of alkyl carbamates (subject to hydrolysis) is 1. The number of nitrogens with one attached hydrogen (secondary N) is 2. The number of carboxylic acid groups (broad SMARTS) is 1. The second-order valence-corrected chi connectivity index (χ2v) is 13.5. The summed E-state index contributed by atoms with van der Waals surface area (Å²) in [4.78, 5) is 69.1. The molecular weight excluding hydrogens is 580 g/mol. The normalized spacial score (nSPS) is 28.8. The number of rotatable bonds is 3. The third-order valence-corrected chi connectivity index (χ3v) is 8.97. The van der Waals surface area contributed by atoms with E-state index in [4.69, 9.17) is 9.47 Å². The van der Waals surface area contributed by atoms with E-state index in [2.05, 4.69) is 10.6 Å². The summed E-state index contributed by atoms with van der Waals surface area (Å²) in [5, 5.41) is 15.5. The van der Waals surface area contributed by atoms with Gasteiger partial charge in [-0.15, -0.1) is 0 Å². The van der Waals surface area contributed by atoms with Crippen molar-refractivity contribution >= 4 is 30.0 Å². The minimum atomic E-state index is -1.45. The first-order valence-corrected chi connectivity index (χ1v) is 15.9. The van der Waals surface area contributed by atoms with Crippen molar-refractivity contribution in [3.8, 4) is 0 Å². The first-order valence-electron chi connectivity index (χ1n) is 15.9. The smallest absolute Gasteiger partial charge is 0.410 e. The summed E-state index contributed by atoms with van der Waals surface area (Å²) in [7, 11) is 0. The highest BCUT2D eigenvalue weighted by molar-refractivity contribution is 5.96. The Bertz CT molecular complexity index is 1360. The van der Waals surface area contributed by atoms with Crippen LogP contribution < -0.4 is 10.6 Å². The van der Waals surface area contributed by atoms with Crippen LogP contribution in [0.15, 0.2) is 36.4 Å². The van der Waals surface area contributed by atoms with E-state index in [1.165, 1.54) is 10.5 Å². The molecule has 244 valence electrons. The largest absolute Gasteiger partial charge is 0.479 e. The zero-order valence-electron chi connectivity index (χ0n) is 26.3. The Balaban J connectivity index is 1.36. The number of carbonyl (C=O) groups is 5. The third kappa shape index (κ3) is 7.59. The third-order valence-electron chi connectivity index (χ3n) is 8.97. The molecule has 3 N–H and O–H groups in total. The lowest BCUT2D eigenvalue weighted by Gasteiger charge is -2.30. The molecule has 12 heteroatoms. The van der Waals surface area contributed by atoms with Crippen LogP contribution in [0.4, 0.5) is 9.59 Å². The van der Waals surface area contributed by atoms with Gasteiger partial charge in [-0.05, 0) is 64.0 Å². The van der Waals surface area contributed by atoms with E-state index in [-0.39, 0.29) is 25.3 Å². The van der Waals surface area contributed by atoms with Crippen LogP contribution in [0, 0.1) is 5.92 Å². The summed E-state index contributed by atoms with van der Waals surface area (Å²) in [5.41, 5.74) is -0.0144. The average Bonchev–Trinajstić information content (AvgIpc) is 3.51. The van der Waals surface area contributed by atoms with E-state index in [0.29, 0.717) is 32.4 Å². The summed E-state index contributed by atoms with van der Waals surface area (Å²) < 4.78 is 11.3. The molecule has 0 radical (unpaired) electrons. The van der Waals surface area contributed by atoms with Crippen molar-refractivity contribution < 1.29 is 38.6 Å². The quantitative estimate of drug-likeness (QED) is 0.432. The van der Waals surface area contributed by atoms with Gasteiger partial charge in [-0.1, -0.05) is 49.3 Å². The second-order valence-electron chi connectivity index (χ2n) is 13.5. The van der Waals surface area contributed by atoms with Crippen molar-refractivity contribution in [1.82, 2.24) is 20.4 Å². The van der Waals surface area contributed by atoms with Gasteiger partial charge in [0.15, 0.2) is 0 Å². The maximum Gasteiger partial charge on any atom is 0.410 e. The van der Waals surface area contributed by atoms with Gasteiger partial charge in [-0.3, -0.25) is 9.59 Å². The SMILES string of the molecule is CC(C)(C)OC(=O)N[C@H]1CCCCCC=C[C@@H]2C[C@@]2(C(=O)O)NC(=O)[C@@H]2C[C@@H](OC(=O)N3CCc4ccccc4C3)CN2C1=O. The van der Waals surface area contributed by atoms with Crippen molar-refractivity contribution in [1.29, 1.82) is 0 Å². The Labute approximate surface area is 263 Å². The molecule has 5 rings (SSSR count). The van der Waals surface area contributed by atoms with Gasteiger partial charge < -0.3 is 35.0 Å². The number of carbonyl (C=O) groups excluding carboxylic acids is 4. The van der Waals surface area contributed by atoms with Gasteiger partial charge >= 0.3 is 18.2 Å². The summed E-state index contributed by atoms with van der Waals surface area (Å²) >= 11 is 0. The van der Waals surface area contributed by atoms with Gasteiger partial charge in [0.2, 0.25) is 11.8 Å². The lowest BCUT2D eigenvalue weighted by atomic mass is 10.0. The number of hydrogen-bond acceptors (Lipinski definition) is 7. The monoisotopic (exact) mass is 624 g/mol. The summed E-state index contributed by atoms with van der Waals surface area (Å²) in [6.45, 7) is 5.98. The highest BCUT2D eigenvalue weighted by Gasteiger charge is 2.61. The molecule has 0 bridgehead atoms. The van der Waals surface area contributed by atoms with Crippen LogP contribution in [0.2, 0.25) is 0 Å². The van der Waals surface area contributed by atoms with Gasteiger partial charge in [0.25, 0.3) is 0 Å². The number of amides is 4. The highest BCUT2D eigenvalue weighted by atomic mass is 16.6. The van der Waals surface area contributed by atoms with Crippen molar-refractivity contribution in [3.63, 3.8) is 0 Å². The molecule has 2 fully saturated rings. The van der Waals surface area contributed by atoms with E-state index < -0.39 is 59.3 Å². The minimum absolute atomic E-state index is 0.00308. The highest BCUT2D eigenvalue weighted by Crippen LogP contribution is 2.45. The van der Waals surface area contributed by atoms with Gasteiger partial charge in [0, 0.05) is 25.4 Å². The molecule has 1 saturated carbocycles. The molecule has 3 aliphatic heterocycles. The lowest BCUT2D eigenvalue weighted by Crippen LogP contribution is -2.56. The number of fused-ring (bicyclic) bond motifs is 3. The molecule has 0 aromatic heterocycles. The Morgan fingerprint density at radius 2 is 1.84 bits per heavy atom. The fourth-order valence-electron chi connectivity index (χ4n) is 6.47. The van der Waals surface area contributed by atoms with E-state index in [1.807, 2.05) is 36.4 Å². The zero-order chi connectivity index (χ0) is 32.4. The van der Waals surface area contributed by atoms with Crippen LogP contribution in [0.5, 0.6) is 0 Å². The lowest BCUT2D eigenvalue weighted by molar-refractivity contribution is -0.145. The molecule has 4 amide bonds. The molecule has 1 aromatic rings. The molecule has 3 heterocycles. The first kappa shape index (κ1) is 32.3. The van der Waals surface area contributed by atoms with E-state index in [9.17, 15) is 29.1 Å². The topological polar surface area (TPSA) is 155 Å². The van der Waals surface area contributed by atoms with E-state index in [0.717, 1.165) is 24.8 Å². The second kappa shape index (κ2) is 13.1. The Hall–Kier alpha value is -4.09. The van der Waals surface area contributed by atoms with Gasteiger partial charge in [0.05, 0.1) is 6.54 Å². The van der Waals surface area contributed by atoms with Crippen LogP contribution in [0.3, 0.4) is 0 Å². The van der Waals surface area contributed by atoms with E-state index >= 15 is 0 Å². The fraction of sp³-hybridized carbons (Fsp3) is 0.606. The molecule has 1 aromatic carbocycles. The summed E-state index contributed by atoms with van der Waals surface area (Å²) in [5.74, 6) is -2.62.